The third-order valence-corrected chi connectivity index (χ3v) is 7.62. The smallest absolute Gasteiger partial charge is 0.269 e. The van der Waals surface area contributed by atoms with Gasteiger partial charge in [-0.3, -0.25) is 24.7 Å². The van der Waals surface area contributed by atoms with Crippen molar-refractivity contribution in [3.63, 3.8) is 0 Å². The van der Waals surface area contributed by atoms with Gasteiger partial charge < -0.3 is 14.8 Å². The summed E-state index contributed by atoms with van der Waals surface area (Å²) in [4.78, 5) is 47.7. The average molecular weight is 558 g/mol. The average Bonchev–Trinajstić information content (AvgIpc) is 3.58. The highest BCUT2D eigenvalue weighted by Crippen LogP contribution is 2.35. The van der Waals surface area contributed by atoms with E-state index in [9.17, 15) is 19.7 Å². The maximum atomic E-state index is 13.5. The number of thioether (sulfide) groups is 1. The normalized spacial score (nSPS) is 16.6. The van der Waals surface area contributed by atoms with Gasteiger partial charge in [-0.15, -0.1) is 0 Å². The van der Waals surface area contributed by atoms with Crippen molar-refractivity contribution in [3.8, 4) is 11.5 Å². The van der Waals surface area contributed by atoms with Gasteiger partial charge in [-0.05, 0) is 41.8 Å². The summed E-state index contributed by atoms with van der Waals surface area (Å²) in [5.41, 5.74) is 3.05. The number of carbonyl (C=O) groups is 2. The summed E-state index contributed by atoms with van der Waals surface area (Å²) >= 11 is 1.31. The van der Waals surface area contributed by atoms with Gasteiger partial charge in [0.15, 0.2) is 16.7 Å². The van der Waals surface area contributed by atoms with E-state index in [0.29, 0.717) is 40.5 Å². The number of hydrogen-bond donors (Lipinski definition) is 1. The van der Waals surface area contributed by atoms with Crippen LogP contribution in [-0.2, 0) is 21.9 Å². The van der Waals surface area contributed by atoms with Crippen LogP contribution in [0.4, 0.5) is 11.4 Å². The number of rotatable bonds is 8. The zero-order chi connectivity index (χ0) is 27.6. The number of nitro benzene ring substituents is 1. The summed E-state index contributed by atoms with van der Waals surface area (Å²) in [5.74, 6) is 1.77. The first-order valence-corrected chi connectivity index (χ1v) is 13.6. The van der Waals surface area contributed by atoms with Crippen LogP contribution >= 0.6 is 11.8 Å². The van der Waals surface area contributed by atoms with Crippen molar-refractivity contribution in [1.82, 2.24) is 10.2 Å². The summed E-state index contributed by atoms with van der Waals surface area (Å²) in [6, 6.07) is 18.6. The number of non-ortho nitro benzene ring substituents is 1. The van der Waals surface area contributed by atoms with Crippen molar-refractivity contribution in [2.24, 2.45) is 9.98 Å². The predicted molar refractivity (Wildman–Crippen MR) is 149 cm³/mol. The van der Waals surface area contributed by atoms with Crippen LogP contribution in [0, 0.1) is 10.1 Å². The molecule has 1 N–H and O–H groups in total. The number of para-hydroxylation sites is 1. The van der Waals surface area contributed by atoms with E-state index in [-0.39, 0.29) is 37.1 Å². The molecule has 0 bridgehead atoms. The first-order valence-electron chi connectivity index (χ1n) is 12.6. The van der Waals surface area contributed by atoms with E-state index in [1.807, 2.05) is 36.4 Å². The van der Waals surface area contributed by atoms with Crippen molar-refractivity contribution in [2.75, 3.05) is 6.79 Å². The molecule has 0 aliphatic carbocycles. The van der Waals surface area contributed by atoms with Crippen molar-refractivity contribution in [2.45, 2.75) is 31.2 Å². The monoisotopic (exact) mass is 557 g/mol. The number of hydrogen-bond acceptors (Lipinski definition) is 9. The minimum atomic E-state index is -0.721. The second-order valence-corrected chi connectivity index (χ2v) is 10.2. The standard InChI is InChI=1S/C28H23N5O6S/c34-25(29-14-17-8-10-23-24(13-17)39-16-38-23)11-9-22-27(35)32-26(30-22)20-6-1-2-7-21(20)31-28(32)40-15-18-4-3-5-19(12-18)33(36)37/h1-8,10,12-13,22H,9,11,14-16H2,(H,29,34). The summed E-state index contributed by atoms with van der Waals surface area (Å²) < 4.78 is 10.7. The fourth-order valence-corrected chi connectivity index (χ4v) is 5.55. The van der Waals surface area contributed by atoms with Crippen LogP contribution in [0.1, 0.15) is 29.5 Å². The summed E-state index contributed by atoms with van der Waals surface area (Å²) in [7, 11) is 0. The number of amidine groups is 2. The highest BCUT2D eigenvalue weighted by molar-refractivity contribution is 8.13. The van der Waals surface area contributed by atoms with E-state index in [2.05, 4.69) is 5.32 Å². The number of nitrogens with zero attached hydrogens (tertiary/aromatic N) is 4. The summed E-state index contributed by atoms with van der Waals surface area (Å²) in [6.45, 7) is 0.511. The molecule has 0 fully saturated rings. The fourth-order valence-electron chi connectivity index (χ4n) is 4.60. The number of amides is 2. The molecule has 3 aliphatic heterocycles. The molecule has 3 aliphatic rings. The molecule has 0 radical (unpaired) electrons. The molecule has 40 heavy (non-hydrogen) atoms. The van der Waals surface area contributed by atoms with Gasteiger partial charge in [0.2, 0.25) is 12.7 Å². The number of nitro groups is 1. The minimum Gasteiger partial charge on any atom is -0.454 e. The Hall–Kier alpha value is -4.71. The zero-order valence-corrected chi connectivity index (χ0v) is 21.9. The molecule has 3 aromatic rings. The number of aliphatic imine (C=N–C) groups is 2. The van der Waals surface area contributed by atoms with Gasteiger partial charge in [-0.2, -0.15) is 0 Å². The molecule has 0 saturated heterocycles. The summed E-state index contributed by atoms with van der Waals surface area (Å²) in [5, 5.41) is 14.5. The summed E-state index contributed by atoms with van der Waals surface area (Å²) in [6.07, 6.45) is 0.372. The minimum absolute atomic E-state index is 0.00499. The van der Waals surface area contributed by atoms with E-state index in [1.165, 1.54) is 28.8 Å². The maximum absolute atomic E-state index is 13.5. The Morgan fingerprint density at radius 1 is 1.07 bits per heavy atom. The van der Waals surface area contributed by atoms with Crippen LogP contribution in [0.25, 0.3) is 0 Å². The van der Waals surface area contributed by atoms with Crippen LogP contribution in [0.15, 0.2) is 76.7 Å². The van der Waals surface area contributed by atoms with Gasteiger partial charge >= 0.3 is 0 Å². The van der Waals surface area contributed by atoms with Crippen molar-refractivity contribution in [3.05, 3.63) is 93.5 Å². The molecule has 3 heterocycles. The third kappa shape index (κ3) is 5.13. The molecule has 0 spiro atoms. The number of ether oxygens (including phenoxy) is 2. The second kappa shape index (κ2) is 10.8. The van der Waals surface area contributed by atoms with E-state index >= 15 is 0 Å². The van der Waals surface area contributed by atoms with E-state index < -0.39 is 11.0 Å². The highest BCUT2D eigenvalue weighted by atomic mass is 32.2. The maximum Gasteiger partial charge on any atom is 0.269 e. The first-order chi connectivity index (χ1) is 19.5. The highest BCUT2D eigenvalue weighted by Gasteiger charge is 2.41. The van der Waals surface area contributed by atoms with Crippen molar-refractivity contribution < 1.29 is 24.0 Å². The Kier molecular flexibility index (Phi) is 6.91. The van der Waals surface area contributed by atoms with Gasteiger partial charge in [0.1, 0.15) is 11.9 Å². The molecule has 3 aromatic carbocycles. The van der Waals surface area contributed by atoms with Crippen LogP contribution < -0.4 is 14.8 Å². The number of carbonyl (C=O) groups excluding carboxylic acids is 2. The topological polar surface area (TPSA) is 136 Å². The van der Waals surface area contributed by atoms with Gasteiger partial charge in [-0.25, -0.2) is 9.89 Å². The van der Waals surface area contributed by atoms with Crippen LogP contribution in [0.5, 0.6) is 11.5 Å². The van der Waals surface area contributed by atoms with Crippen LogP contribution in [0.3, 0.4) is 0 Å². The third-order valence-electron chi connectivity index (χ3n) is 6.61. The lowest BCUT2D eigenvalue weighted by Gasteiger charge is -2.25. The Morgan fingerprint density at radius 3 is 2.80 bits per heavy atom. The lowest BCUT2D eigenvalue weighted by atomic mass is 10.1. The van der Waals surface area contributed by atoms with E-state index in [4.69, 9.17) is 19.5 Å². The Bertz CT molecular complexity index is 1590. The molecule has 11 nitrogen and oxygen atoms in total. The molecule has 1 unspecified atom stereocenters. The Labute approximate surface area is 233 Å². The molecule has 1 atom stereocenters. The number of fused-ring (bicyclic) bond motifs is 4. The molecule has 2 amide bonds. The molecule has 0 saturated carbocycles. The van der Waals surface area contributed by atoms with Crippen LogP contribution in [0.2, 0.25) is 0 Å². The van der Waals surface area contributed by atoms with Crippen molar-refractivity contribution >= 4 is 46.0 Å². The molecule has 6 rings (SSSR count). The lowest BCUT2D eigenvalue weighted by Crippen LogP contribution is -2.41. The quantitative estimate of drug-likeness (QED) is 0.322. The number of nitrogens with one attached hydrogen (secondary N) is 1. The van der Waals surface area contributed by atoms with Crippen molar-refractivity contribution in [1.29, 1.82) is 0 Å². The van der Waals surface area contributed by atoms with E-state index in [0.717, 1.165) is 16.7 Å². The lowest BCUT2D eigenvalue weighted by molar-refractivity contribution is -0.384. The SMILES string of the molecule is O=C(CCC1N=C2c3ccccc3N=C(SCc3cccc([N+](=O)[O-])c3)N2C1=O)NCc1ccc2c(c1)OCO2. The Morgan fingerprint density at radius 2 is 1.93 bits per heavy atom. The molecular formula is C28H23N5O6S. The zero-order valence-electron chi connectivity index (χ0n) is 21.1. The predicted octanol–water partition coefficient (Wildman–Crippen LogP) is 4.31. The number of benzene rings is 3. The van der Waals surface area contributed by atoms with Gasteiger partial charge in [0.25, 0.3) is 11.6 Å². The second-order valence-electron chi connectivity index (χ2n) is 9.27. The van der Waals surface area contributed by atoms with E-state index in [1.54, 1.807) is 18.2 Å². The molecule has 202 valence electrons. The molecule has 12 heteroatoms. The fraction of sp³-hybridized carbons (Fsp3) is 0.214. The van der Waals surface area contributed by atoms with Gasteiger partial charge in [-0.1, -0.05) is 42.1 Å². The largest absolute Gasteiger partial charge is 0.454 e. The van der Waals surface area contributed by atoms with Gasteiger partial charge in [0, 0.05) is 36.4 Å². The van der Waals surface area contributed by atoms with Crippen LogP contribution in [-0.4, -0.2) is 45.5 Å². The first kappa shape index (κ1) is 25.6. The molecule has 0 aromatic heterocycles. The Balaban J connectivity index is 1.12. The molecular weight excluding hydrogens is 534 g/mol. The van der Waals surface area contributed by atoms with Gasteiger partial charge in [0.05, 0.1) is 10.6 Å².